The van der Waals surface area contributed by atoms with Gasteiger partial charge >= 0.3 is 0 Å². The van der Waals surface area contributed by atoms with Crippen molar-refractivity contribution in [2.45, 2.75) is 38.3 Å². The lowest BCUT2D eigenvalue weighted by atomic mass is 10.2. The molecule has 4 nitrogen and oxygen atoms in total. The van der Waals surface area contributed by atoms with E-state index in [4.69, 9.17) is 0 Å². The minimum Gasteiger partial charge on any atom is -0.310 e. The Hall–Kier alpha value is -1.24. The van der Waals surface area contributed by atoms with Crippen LogP contribution in [0.2, 0.25) is 0 Å². The van der Waals surface area contributed by atoms with E-state index in [2.05, 4.69) is 11.9 Å². The molecule has 1 aromatic rings. The van der Waals surface area contributed by atoms with E-state index in [1.54, 1.807) is 13.0 Å². The molecule has 21 heavy (non-hydrogen) atoms. The lowest BCUT2D eigenvalue weighted by molar-refractivity contribution is 0.483. The van der Waals surface area contributed by atoms with Gasteiger partial charge in [-0.1, -0.05) is 32.1 Å². The molecule has 0 saturated carbocycles. The van der Waals surface area contributed by atoms with Gasteiger partial charge in [-0.25, -0.2) is 12.8 Å². The van der Waals surface area contributed by atoms with Crippen molar-refractivity contribution in [1.82, 2.24) is 9.62 Å². The Morgan fingerprint density at radius 2 is 2.05 bits per heavy atom. The lowest BCUT2D eigenvalue weighted by Crippen LogP contribution is -2.29. The molecular weight excluding hydrogens is 291 g/mol. The van der Waals surface area contributed by atoms with E-state index < -0.39 is 15.8 Å². The highest BCUT2D eigenvalue weighted by Crippen LogP contribution is 2.20. The van der Waals surface area contributed by atoms with E-state index >= 15 is 0 Å². The van der Waals surface area contributed by atoms with Crippen LogP contribution >= 0.6 is 0 Å². The molecule has 0 aliphatic heterocycles. The maximum Gasteiger partial charge on any atom is 0.246 e. The second kappa shape index (κ2) is 7.15. The molecule has 118 valence electrons. The zero-order valence-electron chi connectivity index (χ0n) is 13.0. The molecule has 0 radical (unpaired) electrons. The van der Waals surface area contributed by atoms with Gasteiger partial charge in [-0.3, -0.25) is 0 Å². The second-order valence-electron chi connectivity index (χ2n) is 5.52. The molecule has 0 amide bonds. The van der Waals surface area contributed by atoms with Gasteiger partial charge < -0.3 is 5.32 Å². The van der Waals surface area contributed by atoms with Crippen LogP contribution in [-0.2, 0) is 16.6 Å². The first-order valence-electron chi connectivity index (χ1n) is 6.77. The number of benzene rings is 1. The largest absolute Gasteiger partial charge is 0.310 e. The van der Waals surface area contributed by atoms with Gasteiger partial charge in [0.25, 0.3) is 0 Å². The molecule has 0 heterocycles. The molecule has 6 heteroatoms. The molecule has 0 saturated heterocycles. The van der Waals surface area contributed by atoms with Gasteiger partial charge in [0, 0.05) is 26.2 Å². The Morgan fingerprint density at radius 3 is 2.57 bits per heavy atom. The average molecular weight is 314 g/mol. The summed E-state index contributed by atoms with van der Waals surface area (Å²) in [6.45, 7) is 10.0. The third kappa shape index (κ3) is 4.91. The molecule has 0 aromatic heterocycles. The fourth-order valence-electron chi connectivity index (χ4n) is 1.81. The van der Waals surface area contributed by atoms with Crippen molar-refractivity contribution in [2.75, 3.05) is 13.6 Å². The summed E-state index contributed by atoms with van der Waals surface area (Å²) >= 11 is 0. The zero-order chi connectivity index (χ0) is 16.2. The van der Waals surface area contributed by atoms with Crippen molar-refractivity contribution < 1.29 is 12.8 Å². The highest BCUT2D eigenvalue weighted by molar-refractivity contribution is 7.89. The number of likely N-dealkylation sites (N-methyl/N-ethyl adjacent to an activating group) is 1. The Balaban J connectivity index is 3.10. The molecule has 0 unspecified atom stereocenters. The third-order valence-electron chi connectivity index (χ3n) is 2.89. The van der Waals surface area contributed by atoms with E-state index in [0.29, 0.717) is 12.1 Å². The molecule has 0 aliphatic rings. The van der Waals surface area contributed by atoms with Crippen molar-refractivity contribution in [3.63, 3.8) is 0 Å². The molecule has 0 aliphatic carbocycles. The molecule has 0 spiro atoms. The SMILES string of the molecule is C=C(C)CN(C)S(=O)(=O)c1cc(CNC(C)C)ccc1F. The van der Waals surface area contributed by atoms with Gasteiger partial charge in [0.05, 0.1) is 0 Å². The summed E-state index contributed by atoms with van der Waals surface area (Å²) in [5.41, 5.74) is 1.42. The van der Waals surface area contributed by atoms with Gasteiger partial charge in [0.2, 0.25) is 10.0 Å². The van der Waals surface area contributed by atoms with E-state index in [0.717, 1.165) is 9.87 Å². The molecule has 1 aromatic carbocycles. The maximum absolute atomic E-state index is 13.9. The predicted octanol–water partition coefficient (Wildman–Crippen LogP) is 2.52. The van der Waals surface area contributed by atoms with Gasteiger partial charge in [-0.2, -0.15) is 4.31 Å². The van der Waals surface area contributed by atoms with Crippen LogP contribution in [0, 0.1) is 5.82 Å². The maximum atomic E-state index is 13.9. The van der Waals surface area contributed by atoms with E-state index in [-0.39, 0.29) is 17.5 Å². The van der Waals surface area contributed by atoms with Gasteiger partial charge in [0.15, 0.2) is 0 Å². The number of rotatable bonds is 7. The zero-order valence-corrected chi connectivity index (χ0v) is 13.8. The summed E-state index contributed by atoms with van der Waals surface area (Å²) in [5.74, 6) is -0.739. The van der Waals surface area contributed by atoms with Crippen LogP contribution in [0.25, 0.3) is 0 Å². The topological polar surface area (TPSA) is 49.4 Å². The smallest absolute Gasteiger partial charge is 0.246 e. The minimum absolute atomic E-state index is 0.163. The Bertz CT molecular complexity index is 612. The standard InChI is InChI=1S/C15H23FN2O2S/c1-11(2)10-18(5)21(19,20)15-8-13(6-7-14(15)16)9-17-12(3)4/h6-8,12,17H,1,9-10H2,2-5H3. The van der Waals surface area contributed by atoms with E-state index in [9.17, 15) is 12.8 Å². The molecule has 0 atom stereocenters. The Labute approximate surface area is 126 Å². The quantitative estimate of drug-likeness (QED) is 0.787. The highest BCUT2D eigenvalue weighted by Gasteiger charge is 2.24. The van der Waals surface area contributed by atoms with Crippen molar-refractivity contribution in [2.24, 2.45) is 0 Å². The van der Waals surface area contributed by atoms with Crippen LogP contribution in [0.3, 0.4) is 0 Å². The Morgan fingerprint density at radius 1 is 1.43 bits per heavy atom. The molecule has 0 fully saturated rings. The molecule has 0 bridgehead atoms. The molecule has 1 N–H and O–H groups in total. The number of nitrogens with one attached hydrogen (secondary N) is 1. The van der Waals surface area contributed by atoms with E-state index in [1.165, 1.54) is 19.2 Å². The predicted molar refractivity (Wildman–Crippen MR) is 83.0 cm³/mol. The van der Waals surface area contributed by atoms with Crippen LogP contribution in [0.15, 0.2) is 35.2 Å². The fourth-order valence-corrected chi connectivity index (χ4v) is 3.15. The first kappa shape index (κ1) is 17.8. The summed E-state index contributed by atoms with van der Waals surface area (Å²) in [7, 11) is -2.44. The normalized spacial score (nSPS) is 12.1. The second-order valence-corrected chi connectivity index (χ2v) is 7.53. The van der Waals surface area contributed by atoms with Crippen LogP contribution in [0.4, 0.5) is 4.39 Å². The average Bonchev–Trinajstić information content (AvgIpc) is 2.36. The van der Waals surface area contributed by atoms with Crippen molar-refractivity contribution >= 4 is 10.0 Å². The van der Waals surface area contributed by atoms with Gasteiger partial charge in [-0.15, -0.1) is 0 Å². The van der Waals surface area contributed by atoms with Crippen LogP contribution in [0.1, 0.15) is 26.3 Å². The fraction of sp³-hybridized carbons (Fsp3) is 0.467. The number of sulfonamides is 1. The van der Waals surface area contributed by atoms with Crippen LogP contribution in [-0.4, -0.2) is 32.4 Å². The van der Waals surface area contributed by atoms with E-state index in [1.807, 2.05) is 13.8 Å². The number of nitrogens with zero attached hydrogens (tertiary/aromatic N) is 1. The monoisotopic (exact) mass is 314 g/mol. The van der Waals surface area contributed by atoms with Crippen molar-refractivity contribution in [1.29, 1.82) is 0 Å². The minimum atomic E-state index is -3.86. The summed E-state index contributed by atoms with van der Waals surface area (Å²) in [6, 6.07) is 4.43. The first-order valence-corrected chi connectivity index (χ1v) is 8.21. The number of hydrogen-bond acceptors (Lipinski definition) is 3. The summed E-state index contributed by atoms with van der Waals surface area (Å²) in [6.07, 6.45) is 0. The summed E-state index contributed by atoms with van der Waals surface area (Å²) < 4.78 is 39.8. The van der Waals surface area contributed by atoms with Crippen LogP contribution < -0.4 is 5.32 Å². The lowest BCUT2D eigenvalue weighted by Gasteiger charge is -2.18. The summed E-state index contributed by atoms with van der Waals surface area (Å²) in [5, 5.41) is 3.18. The number of hydrogen-bond donors (Lipinski definition) is 1. The number of halogens is 1. The Kier molecular flexibility index (Phi) is 6.07. The van der Waals surface area contributed by atoms with Crippen LogP contribution in [0.5, 0.6) is 0 Å². The third-order valence-corrected chi connectivity index (χ3v) is 4.71. The van der Waals surface area contributed by atoms with Crippen molar-refractivity contribution in [3.8, 4) is 0 Å². The van der Waals surface area contributed by atoms with Gasteiger partial charge in [-0.05, 0) is 24.6 Å². The summed E-state index contributed by atoms with van der Waals surface area (Å²) in [4.78, 5) is -0.297. The molecular formula is C15H23FN2O2S. The van der Waals surface area contributed by atoms with Crippen molar-refractivity contribution in [3.05, 3.63) is 41.7 Å². The highest BCUT2D eigenvalue weighted by atomic mass is 32.2. The molecule has 1 rings (SSSR count). The van der Waals surface area contributed by atoms with Gasteiger partial charge in [0.1, 0.15) is 10.7 Å². The first-order chi connectivity index (χ1) is 9.64.